The van der Waals surface area contributed by atoms with Gasteiger partial charge in [0.05, 0.1) is 10.5 Å². The van der Waals surface area contributed by atoms with E-state index < -0.39 is 28.0 Å². The molecule has 3 rings (SSSR count). The van der Waals surface area contributed by atoms with Crippen molar-refractivity contribution in [2.24, 2.45) is 5.14 Å². The lowest BCUT2D eigenvalue weighted by Crippen LogP contribution is -2.30. The molecule has 7 nitrogen and oxygen atoms in total. The first-order valence-electron chi connectivity index (χ1n) is 8.80. The monoisotopic (exact) mass is 412 g/mol. The van der Waals surface area contributed by atoms with E-state index in [1.165, 1.54) is 19.1 Å². The van der Waals surface area contributed by atoms with Crippen molar-refractivity contribution >= 4 is 38.4 Å². The minimum Gasteiger partial charge on any atom is -0.449 e. The topological polar surface area (TPSA) is 116 Å². The predicted molar refractivity (Wildman–Crippen MR) is 110 cm³/mol. The number of hydrogen-bond acceptors (Lipinski definition) is 5. The third-order valence-corrected chi connectivity index (χ3v) is 5.37. The summed E-state index contributed by atoms with van der Waals surface area (Å²) in [5, 5.41) is 9.70. The number of anilines is 1. The highest BCUT2D eigenvalue weighted by Gasteiger charge is 2.22. The van der Waals surface area contributed by atoms with Crippen molar-refractivity contribution in [1.29, 1.82) is 0 Å². The Morgan fingerprint density at radius 1 is 1.03 bits per heavy atom. The summed E-state index contributed by atoms with van der Waals surface area (Å²) in [5.41, 5.74) is 1.13. The maximum Gasteiger partial charge on any atom is 0.339 e. The molecule has 0 fully saturated rings. The first kappa shape index (κ1) is 20.5. The Labute approximate surface area is 168 Å². The van der Waals surface area contributed by atoms with E-state index in [9.17, 15) is 18.0 Å². The van der Waals surface area contributed by atoms with Crippen LogP contribution in [-0.2, 0) is 19.6 Å². The van der Waals surface area contributed by atoms with Crippen molar-refractivity contribution in [2.75, 3.05) is 5.32 Å². The van der Waals surface area contributed by atoms with Crippen LogP contribution < -0.4 is 10.5 Å². The predicted octanol–water partition coefficient (Wildman–Crippen LogP) is 2.98. The molecule has 1 amide bonds. The Bertz CT molecular complexity index is 1200. The summed E-state index contributed by atoms with van der Waals surface area (Å²) in [6.07, 6.45) is -1.10. The summed E-state index contributed by atoms with van der Waals surface area (Å²) in [6, 6.07) is 17.0. The second-order valence-corrected chi connectivity index (χ2v) is 8.15. The van der Waals surface area contributed by atoms with E-state index in [4.69, 9.17) is 9.88 Å². The molecular weight excluding hydrogens is 392 g/mol. The van der Waals surface area contributed by atoms with Gasteiger partial charge in [0.2, 0.25) is 10.0 Å². The molecule has 1 unspecified atom stereocenters. The molecule has 0 spiro atoms. The van der Waals surface area contributed by atoms with Gasteiger partial charge in [0.25, 0.3) is 5.91 Å². The number of nitrogens with one attached hydrogen (secondary N) is 1. The van der Waals surface area contributed by atoms with Crippen molar-refractivity contribution in [3.63, 3.8) is 0 Å². The number of fused-ring (bicyclic) bond motifs is 1. The molecule has 3 N–H and O–H groups in total. The van der Waals surface area contributed by atoms with Crippen LogP contribution in [0.15, 0.2) is 65.6 Å². The smallest absolute Gasteiger partial charge is 0.339 e. The molecule has 150 valence electrons. The molecule has 0 saturated carbocycles. The Kier molecular flexibility index (Phi) is 5.67. The number of benzene rings is 3. The molecule has 0 bridgehead atoms. The van der Waals surface area contributed by atoms with Gasteiger partial charge in [-0.25, -0.2) is 18.4 Å². The third-order valence-electron chi connectivity index (χ3n) is 4.46. The first-order valence-corrected chi connectivity index (χ1v) is 10.3. The highest BCUT2D eigenvalue weighted by molar-refractivity contribution is 7.89. The molecular formula is C21H20N2O5S. The minimum absolute atomic E-state index is 0.0290. The molecule has 3 aromatic carbocycles. The van der Waals surface area contributed by atoms with Crippen LogP contribution in [0.5, 0.6) is 0 Å². The van der Waals surface area contributed by atoms with E-state index in [1.54, 1.807) is 13.0 Å². The van der Waals surface area contributed by atoms with Gasteiger partial charge in [0.15, 0.2) is 6.10 Å². The van der Waals surface area contributed by atoms with Gasteiger partial charge in [-0.3, -0.25) is 4.79 Å². The number of nitrogens with two attached hydrogens (primary N) is 1. The lowest BCUT2D eigenvalue weighted by molar-refractivity contribution is -0.123. The summed E-state index contributed by atoms with van der Waals surface area (Å²) in [4.78, 5) is 24.8. The molecule has 0 radical (unpaired) electrons. The summed E-state index contributed by atoms with van der Waals surface area (Å²) in [7, 11) is -3.97. The molecule has 0 saturated heterocycles. The fraction of sp³-hybridized carbons (Fsp3) is 0.143. The van der Waals surface area contributed by atoms with Gasteiger partial charge >= 0.3 is 5.97 Å². The molecule has 0 aliphatic rings. The Balaban J connectivity index is 1.77. The van der Waals surface area contributed by atoms with Crippen LogP contribution in [0.2, 0.25) is 0 Å². The van der Waals surface area contributed by atoms with Gasteiger partial charge in [0, 0.05) is 11.1 Å². The van der Waals surface area contributed by atoms with Crippen molar-refractivity contribution in [3.8, 4) is 0 Å². The van der Waals surface area contributed by atoms with E-state index in [1.807, 2.05) is 36.4 Å². The average molecular weight is 412 g/mol. The highest BCUT2D eigenvalue weighted by Crippen LogP contribution is 2.23. The molecule has 0 aliphatic carbocycles. The maximum absolute atomic E-state index is 12.5. The molecule has 1 atom stereocenters. The van der Waals surface area contributed by atoms with E-state index >= 15 is 0 Å². The zero-order valence-electron chi connectivity index (χ0n) is 15.9. The summed E-state index contributed by atoms with van der Waals surface area (Å²) < 4.78 is 28.3. The molecule has 29 heavy (non-hydrogen) atoms. The van der Waals surface area contributed by atoms with E-state index in [0.29, 0.717) is 11.3 Å². The number of carbonyl (C=O) groups is 2. The number of amides is 1. The lowest BCUT2D eigenvalue weighted by atomic mass is 10.1. The van der Waals surface area contributed by atoms with Crippen molar-refractivity contribution in [1.82, 2.24) is 0 Å². The number of ether oxygens (including phenoxy) is 1. The Morgan fingerprint density at radius 2 is 1.72 bits per heavy atom. The summed E-state index contributed by atoms with van der Waals surface area (Å²) >= 11 is 0. The van der Waals surface area contributed by atoms with Gasteiger partial charge in [0.1, 0.15) is 0 Å². The van der Waals surface area contributed by atoms with E-state index in [-0.39, 0.29) is 10.5 Å². The summed E-state index contributed by atoms with van der Waals surface area (Å²) in [5.74, 6) is -1.32. The fourth-order valence-corrected chi connectivity index (χ4v) is 3.38. The number of sulfonamides is 1. The van der Waals surface area contributed by atoms with Crippen LogP contribution in [0.1, 0.15) is 22.8 Å². The number of esters is 1. The third kappa shape index (κ3) is 4.61. The van der Waals surface area contributed by atoms with Gasteiger partial charge in [-0.2, -0.15) is 0 Å². The lowest BCUT2D eigenvalue weighted by Gasteiger charge is -2.15. The second kappa shape index (κ2) is 8.02. The van der Waals surface area contributed by atoms with Crippen molar-refractivity contribution < 1.29 is 22.7 Å². The highest BCUT2D eigenvalue weighted by atomic mass is 32.2. The molecule has 0 aromatic heterocycles. The normalized spacial score (nSPS) is 12.4. The van der Waals surface area contributed by atoms with Crippen LogP contribution in [0.3, 0.4) is 0 Å². The van der Waals surface area contributed by atoms with Crippen molar-refractivity contribution in [3.05, 3.63) is 71.8 Å². The van der Waals surface area contributed by atoms with Crippen molar-refractivity contribution in [2.45, 2.75) is 24.8 Å². The number of rotatable bonds is 5. The zero-order valence-corrected chi connectivity index (χ0v) is 16.7. The van der Waals surface area contributed by atoms with Crippen LogP contribution in [-0.4, -0.2) is 26.4 Å². The zero-order chi connectivity index (χ0) is 21.2. The minimum atomic E-state index is -3.97. The number of aryl methyl sites for hydroxylation is 1. The number of carbonyl (C=O) groups excluding carboxylic acids is 2. The van der Waals surface area contributed by atoms with Gasteiger partial charge < -0.3 is 10.1 Å². The van der Waals surface area contributed by atoms with Gasteiger partial charge in [-0.1, -0.05) is 42.5 Å². The fourth-order valence-electron chi connectivity index (χ4n) is 2.84. The number of hydrogen-bond donors (Lipinski definition) is 2. The van der Waals surface area contributed by atoms with Crippen LogP contribution in [0.4, 0.5) is 5.69 Å². The van der Waals surface area contributed by atoms with E-state index in [0.717, 1.165) is 16.8 Å². The SMILES string of the molecule is Cc1ccc(S(N)(=O)=O)cc1C(=O)OC(C)C(=O)Nc1cccc2ccccc12. The second-order valence-electron chi connectivity index (χ2n) is 6.59. The largest absolute Gasteiger partial charge is 0.449 e. The quantitative estimate of drug-likeness (QED) is 0.625. The van der Waals surface area contributed by atoms with Gasteiger partial charge in [-0.15, -0.1) is 0 Å². The van der Waals surface area contributed by atoms with Crippen LogP contribution in [0.25, 0.3) is 10.8 Å². The molecule has 0 aliphatic heterocycles. The van der Waals surface area contributed by atoms with Crippen LogP contribution in [0, 0.1) is 6.92 Å². The standard InChI is InChI=1S/C21H20N2O5S/c1-13-10-11-16(29(22,26)27)12-18(13)21(25)28-14(2)20(24)23-19-9-5-7-15-6-3-4-8-17(15)19/h3-12,14H,1-2H3,(H,23,24)(H2,22,26,27). The molecule has 3 aromatic rings. The first-order chi connectivity index (χ1) is 13.7. The maximum atomic E-state index is 12.5. The Morgan fingerprint density at radius 3 is 2.45 bits per heavy atom. The Hall–Kier alpha value is -3.23. The molecule has 0 heterocycles. The summed E-state index contributed by atoms with van der Waals surface area (Å²) in [6.45, 7) is 3.07. The number of primary sulfonamides is 1. The van der Waals surface area contributed by atoms with Crippen LogP contribution >= 0.6 is 0 Å². The molecule has 8 heteroatoms. The average Bonchev–Trinajstić information content (AvgIpc) is 2.67. The van der Waals surface area contributed by atoms with Gasteiger partial charge in [-0.05, 0) is 43.0 Å². The van der Waals surface area contributed by atoms with E-state index in [2.05, 4.69) is 5.32 Å².